The summed E-state index contributed by atoms with van der Waals surface area (Å²) in [4.78, 5) is 0. The Balaban J connectivity index is 2.28. The van der Waals surface area contributed by atoms with E-state index in [1.807, 2.05) is 48.5 Å². The van der Waals surface area contributed by atoms with Crippen LogP contribution in [0.1, 0.15) is 25.0 Å². The highest BCUT2D eigenvalue weighted by Gasteiger charge is 2.40. The minimum Gasteiger partial charge on any atom is -0.378 e. The fourth-order valence-electron chi connectivity index (χ4n) is 2.59. The molecular weight excluding hydrogens is 248 g/mol. The lowest BCUT2D eigenvalue weighted by Gasteiger charge is -2.20. The summed E-state index contributed by atoms with van der Waals surface area (Å²) in [6.07, 6.45) is 0. The first-order valence-electron chi connectivity index (χ1n) is 6.60. The molecule has 2 heteroatoms. The van der Waals surface area contributed by atoms with Crippen LogP contribution in [-0.4, -0.2) is 15.8 Å². The van der Waals surface area contributed by atoms with Gasteiger partial charge in [-0.05, 0) is 25.0 Å². The molecule has 0 atom stereocenters. The van der Waals surface area contributed by atoms with Gasteiger partial charge in [-0.2, -0.15) is 0 Å². The summed E-state index contributed by atoms with van der Waals surface area (Å²) >= 11 is 0. The lowest BCUT2D eigenvalue weighted by Crippen LogP contribution is -2.24. The van der Waals surface area contributed by atoms with Crippen LogP contribution in [0.5, 0.6) is 0 Å². The van der Waals surface area contributed by atoms with E-state index in [9.17, 15) is 10.2 Å². The van der Waals surface area contributed by atoms with Crippen LogP contribution in [0, 0.1) is 11.8 Å². The molecule has 2 nitrogen and oxygen atoms in total. The van der Waals surface area contributed by atoms with E-state index in [1.165, 1.54) is 0 Å². The van der Waals surface area contributed by atoms with Crippen LogP contribution in [0.25, 0.3) is 11.1 Å². The van der Waals surface area contributed by atoms with Crippen LogP contribution >= 0.6 is 0 Å². The van der Waals surface area contributed by atoms with Gasteiger partial charge in [0.15, 0.2) is 5.60 Å². The second kappa shape index (κ2) is 4.21. The Morgan fingerprint density at radius 2 is 1.35 bits per heavy atom. The molecule has 0 saturated carbocycles. The van der Waals surface area contributed by atoms with Gasteiger partial charge in [-0.1, -0.05) is 60.4 Å². The molecule has 0 bridgehead atoms. The quantitative estimate of drug-likeness (QED) is 0.718. The average molecular weight is 264 g/mol. The fourth-order valence-corrected chi connectivity index (χ4v) is 2.59. The lowest BCUT2D eigenvalue weighted by atomic mass is 9.91. The molecule has 0 amide bonds. The van der Waals surface area contributed by atoms with Gasteiger partial charge in [0.1, 0.15) is 5.60 Å². The molecule has 2 N–H and O–H groups in total. The van der Waals surface area contributed by atoms with Crippen molar-refractivity contribution in [3.05, 3.63) is 59.7 Å². The van der Waals surface area contributed by atoms with Gasteiger partial charge in [0, 0.05) is 11.1 Å². The Kier molecular flexibility index (Phi) is 2.72. The summed E-state index contributed by atoms with van der Waals surface area (Å²) < 4.78 is 0. The first-order chi connectivity index (χ1) is 9.42. The zero-order chi connectivity index (χ0) is 14.4. The zero-order valence-corrected chi connectivity index (χ0v) is 11.5. The highest BCUT2D eigenvalue weighted by molar-refractivity contribution is 5.81. The molecule has 3 rings (SSSR count). The molecule has 1 aliphatic carbocycles. The predicted molar refractivity (Wildman–Crippen MR) is 79.0 cm³/mol. The Hall–Kier alpha value is -2.08. The molecule has 0 saturated heterocycles. The number of fused-ring (bicyclic) bond motifs is 3. The van der Waals surface area contributed by atoms with E-state index in [4.69, 9.17) is 0 Å². The van der Waals surface area contributed by atoms with E-state index in [-0.39, 0.29) is 0 Å². The third-order valence-corrected chi connectivity index (χ3v) is 3.47. The molecule has 0 fully saturated rings. The van der Waals surface area contributed by atoms with Crippen molar-refractivity contribution in [1.29, 1.82) is 0 Å². The second-order valence-corrected chi connectivity index (χ2v) is 5.61. The summed E-state index contributed by atoms with van der Waals surface area (Å²) in [5.41, 5.74) is 1.05. The number of aliphatic hydroxyl groups is 2. The van der Waals surface area contributed by atoms with Crippen LogP contribution in [0.3, 0.4) is 0 Å². The molecule has 2 aromatic carbocycles. The van der Waals surface area contributed by atoms with Crippen LogP contribution < -0.4 is 0 Å². The Morgan fingerprint density at radius 1 is 0.900 bits per heavy atom. The van der Waals surface area contributed by atoms with Crippen molar-refractivity contribution in [2.75, 3.05) is 0 Å². The molecule has 100 valence electrons. The third kappa shape index (κ3) is 1.92. The molecule has 0 radical (unpaired) electrons. The standard InChI is InChI=1S/C18H16O2/c1-17(2,19)11-12-18(20)15-9-5-3-7-13(15)14-8-4-6-10-16(14)18/h3-10,19-20H,1-2H3. The van der Waals surface area contributed by atoms with Gasteiger partial charge in [0.05, 0.1) is 0 Å². The number of rotatable bonds is 0. The van der Waals surface area contributed by atoms with E-state index in [1.54, 1.807) is 13.8 Å². The van der Waals surface area contributed by atoms with Crippen molar-refractivity contribution in [2.45, 2.75) is 25.0 Å². The second-order valence-electron chi connectivity index (χ2n) is 5.61. The smallest absolute Gasteiger partial charge is 0.178 e. The minimum absolute atomic E-state index is 0.776. The van der Waals surface area contributed by atoms with E-state index in [2.05, 4.69) is 11.8 Å². The molecule has 2 aromatic rings. The Labute approximate surface area is 118 Å². The van der Waals surface area contributed by atoms with Crippen molar-refractivity contribution in [2.24, 2.45) is 0 Å². The Bertz CT molecular complexity index is 681. The summed E-state index contributed by atoms with van der Waals surface area (Å²) in [5.74, 6) is 5.61. The fraction of sp³-hybridized carbons (Fsp3) is 0.222. The van der Waals surface area contributed by atoms with Crippen LogP contribution in [0.15, 0.2) is 48.5 Å². The van der Waals surface area contributed by atoms with Gasteiger partial charge in [0.25, 0.3) is 0 Å². The zero-order valence-electron chi connectivity index (χ0n) is 11.5. The van der Waals surface area contributed by atoms with Crippen LogP contribution in [0.2, 0.25) is 0 Å². The van der Waals surface area contributed by atoms with Gasteiger partial charge in [-0.25, -0.2) is 0 Å². The van der Waals surface area contributed by atoms with Gasteiger partial charge < -0.3 is 10.2 Å². The molecule has 0 aromatic heterocycles. The summed E-state index contributed by atoms with van der Waals surface area (Å²) in [6.45, 7) is 3.21. The lowest BCUT2D eigenvalue weighted by molar-refractivity contribution is 0.134. The monoisotopic (exact) mass is 264 g/mol. The van der Waals surface area contributed by atoms with Crippen LogP contribution in [0.4, 0.5) is 0 Å². The first-order valence-corrected chi connectivity index (χ1v) is 6.60. The topological polar surface area (TPSA) is 40.5 Å². The predicted octanol–water partition coefficient (Wildman–Crippen LogP) is 2.68. The highest BCUT2D eigenvalue weighted by Crippen LogP contribution is 2.46. The number of hydrogen-bond acceptors (Lipinski definition) is 2. The van der Waals surface area contributed by atoms with Gasteiger partial charge in [-0.3, -0.25) is 0 Å². The molecule has 20 heavy (non-hydrogen) atoms. The SMILES string of the molecule is CC(C)(O)C#CC1(O)c2ccccc2-c2ccccc21. The van der Waals surface area contributed by atoms with Crippen molar-refractivity contribution in [3.8, 4) is 23.0 Å². The van der Waals surface area contributed by atoms with E-state index < -0.39 is 11.2 Å². The molecular formula is C18H16O2. The molecule has 0 heterocycles. The molecule has 0 aliphatic heterocycles. The summed E-state index contributed by atoms with van der Waals surface area (Å²) in [5, 5.41) is 20.9. The largest absolute Gasteiger partial charge is 0.378 e. The molecule has 1 aliphatic rings. The maximum absolute atomic E-state index is 11.1. The Morgan fingerprint density at radius 3 is 1.80 bits per heavy atom. The van der Waals surface area contributed by atoms with Crippen molar-refractivity contribution < 1.29 is 10.2 Å². The van der Waals surface area contributed by atoms with E-state index in [0.717, 1.165) is 22.3 Å². The third-order valence-electron chi connectivity index (χ3n) is 3.47. The minimum atomic E-state index is -1.35. The maximum atomic E-state index is 11.1. The van der Waals surface area contributed by atoms with Crippen molar-refractivity contribution in [1.82, 2.24) is 0 Å². The molecule has 0 unspecified atom stereocenters. The van der Waals surface area contributed by atoms with Crippen molar-refractivity contribution >= 4 is 0 Å². The number of hydrogen-bond donors (Lipinski definition) is 2. The van der Waals surface area contributed by atoms with Gasteiger partial charge >= 0.3 is 0 Å². The summed E-state index contributed by atoms with van der Waals surface area (Å²) in [7, 11) is 0. The highest BCUT2D eigenvalue weighted by atomic mass is 16.3. The van der Waals surface area contributed by atoms with Gasteiger partial charge in [-0.15, -0.1) is 0 Å². The van der Waals surface area contributed by atoms with Crippen molar-refractivity contribution in [3.63, 3.8) is 0 Å². The molecule has 0 spiro atoms. The number of benzene rings is 2. The van der Waals surface area contributed by atoms with E-state index >= 15 is 0 Å². The normalized spacial score (nSPS) is 15.0. The van der Waals surface area contributed by atoms with E-state index in [0.29, 0.717) is 0 Å². The average Bonchev–Trinajstić information content (AvgIpc) is 2.68. The maximum Gasteiger partial charge on any atom is 0.178 e. The van der Waals surface area contributed by atoms with Crippen LogP contribution in [-0.2, 0) is 5.60 Å². The first kappa shape index (κ1) is 12.9. The van der Waals surface area contributed by atoms with Gasteiger partial charge in [0.2, 0.25) is 0 Å². The summed E-state index contributed by atoms with van der Waals surface area (Å²) in [6, 6.07) is 15.4.